The van der Waals surface area contributed by atoms with Crippen molar-refractivity contribution in [1.29, 1.82) is 0 Å². The number of carbonyl (C=O) groups is 1. The Labute approximate surface area is 214 Å². The van der Waals surface area contributed by atoms with Crippen LogP contribution in [0.25, 0.3) is 0 Å². The molecule has 1 atom stereocenters. The third-order valence-corrected chi connectivity index (χ3v) is 7.80. The van der Waals surface area contributed by atoms with E-state index in [2.05, 4.69) is 15.2 Å². The molecule has 0 bridgehead atoms. The van der Waals surface area contributed by atoms with Gasteiger partial charge in [-0.15, -0.1) is 0 Å². The molecular formula is C26H31ClF3N5O. The zero-order valence-corrected chi connectivity index (χ0v) is 21.1. The number of anilines is 2. The SMILES string of the molecule is Cc1c(C(=O)N2CCC[C@@H]2CN2CCCC2)cnc2c1N(Cc1cc(Cl)ccc1C(F)(F)F)CCN2. The van der Waals surface area contributed by atoms with E-state index in [1.165, 1.54) is 25.0 Å². The molecular weight excluding hydrogens is 491 g/mol. The van der Waals surface area contributed by atoms with E-state index in [0.717, 1.165) is 44.1 Å². The Morgan fingerprint density at radius 1 is 1.17 bits per heavy atom. The van der Waals surface area contributed by atoms with Crippen LogP contribution >= 0.6 is 11.6 Å². The van der Waals surface area contributed by atoms with Gasteiger partial charge in [0.25, 0.3) is 5.91 Å². The molecule has 0 spiro atoms. The minimum absolute atomic E-state index is 0.0194. The summed E-state index contributed by atoms with van der Waals surface area (Å²) >= 11 is 6.07. The van der Waals surface area contributed by atoms with Crippen molar-refractivity contribution in [3.05, 3.63) is 51.7 Å². The second-order valence-electron chi connectivity index (χ2n) is 9.94. The van der Waals surface area contributed by atoms with Gasteiger partial charge in [0.05, 0.1) is 16.8 Å². The molecule has 1 amide bonds. The van der Waals surface area contributed by atoms with Gasteiger partial charge in [-0.1, -0.05) is 11.6 Å². The molecule has 2 saturated heterocycles. The van der Waals surface area contributed by atoms with E-state index in [-0.39, 0.29) is 29.1 Å². The number of benzene rings is 1. The number of amides is 1. The predicted molar refractivity (Wildman–Crippen MR) is 135 cm³/mol. The lowest BCUT2D eigenvalue weighted by Crippen LogP contribution is -2.43. The van der Waals surface area contributed by atoms with Crippen molar-refractivity contribution in [1.82, 2.24) is 14.8 Å². The van der Waals surface area contributed by atoms with E-state index in [1.807, 2.05) is 16.7 Å². The van der Waals surface area contributed by atoms with Crippen molar-refractivity contribution in [3.8, 4) is 0 Å². The fourth-order valence-electron chi connectivity index (χ4n) is 5.79. The van der Waals surface area contributed by atoms with Gasteiger partial charge in [0.2, 0.25) is 0 Å². The summed E-state index contributed by atoms with van der Waals surface area (Å²) in [6.45, 7) is 6.69. The number of hydrogen-bond acceptors (Lipinski definition) is 5. The highest BCUT2D eigenvalue weighted by Gasteiger charge is 2.36. The lowest BCUT2D eigenvalue weighted by molar-refractivity contribution is -0.138. The maximum absolute atomic E-state index is 13.7. The van der Waals surface area contributed by atoms with Gasteiger partial charge in [0.1, 0.15) is 5.82 Å². The maximum atomic E-state index is 13.7. The molecule has 1 aromatic carbocycles. The third-order valence-electron chi connectivity index (χ3n) is 7.57. The van der Waals surface area contributed by atoms with Crippen LogP contribution < -0.4 is 10.2 Å². The lowest BCUT2D eigenvalue weighted by atomic mass is 10.0. The van der Waals surface area contributed by atoms with E-state index in [1.54, 1.807) is 6.20 Å². The van der Waals surface area contributed by atoms with Crippen LogP contribution in [0.5, 0.6) is 0 Å². The molecule has 36 heavy (non-hydrogen) atoms. The van der Waals surface area contributed by atoms with Crippen molar-refractivity contribution in [2.45, 2.75) is 51.4 Å². The average molecular weight is 522 g/mol. The Morgan fingerprint density at radius 3 is 2.69 bits per heavy atom. The fraction of sp³-hybridized carbons (Fsp3) is 0.538. The highest BCUT2D eigenvalue weighted by atomic mass is 35.5. The Bertz CT molecular complexity index is 1140. The summed E-state index contributed by atoms with van der Waals surface area (Å²) < 4.78 is 41.1. The standard InChI is InChI=1S/C26H31ClF3N5O/c1-17-21(25(36)35-11-4-5-20(35)16-33-9-2-3-10-33)14-32-24-23(17)34(12-8-31-24)15-18-13-19(27)6-7-22(18)26(28,29)30/h6-7,13-14,20H,2-5,8-12,15-16H2,1H3,(H,31,32)/t20-/m1/s1. The number of hydrogen-bond donors (Lipinski definition) is 1. The molecule has 4 heterocycles. The average Bonchev–Trinajstić information content (AvgIpc) is 3.51. The van der Waals surface area contributed by atoms with E-state index >= 15 is 0 Å². The molecule has 2 aromatic rings. The van der Waals surface area contributed by atoms with Crippen LogP contribution in [-0.4, -0.2) is 66.0 Å². The molecule has 6 nitrogen and oxygen atoms in total. The van der Waals surface area contributed by atoms with Crippen molar-refractivity contribution in [2.75, 3.05) is 49.5 Å². The van der Waals surface area contributed by atoms with Gasteiger partial charge >= 0.3 is 6.18 Å². The number of aromatic nitrogens is 1. The molecule has 2 fully saturated rings. The van der Waals surface area contributed by atoms with E-state index in [0.29, 0.717) is 36.7 Å². The zero-order chi connectivity index (χ0) is 25.4. The monoisotopic (exact) mass is 521 g/mol. The predicted octanol–water partition coefficient (Wildman–Crippen LogP) is 5.19. The summed E-state index contributed by atoms with van der Waals surface area (Å²) in [5, 5.41) is 3.49. The number of nitrogens with one attached hydrogen (secondary N) is 1. The summed E-state index contributed by atoms with van der Waals surface area (Å²) in [5.41, 5.74) is 1.32. The number of likely N-dealkylation sites (tertiary alicyclic amines) is 2. The van der Waals surface area contributed by atoms with Crippen molar-refractivity contribution < 1.29 is 18.0 Å². The van der Waals surface area contributed by atoms with Gasteiger partial charge in [-0.25, -0.2) is 4.98 Å². The van der Waals surface area contributed by atoms with Gasteiger partial charge < -0.3 is 20.0 Å². The minimum Gasteiger partial charge on any atom is -0.367 e. The van der Waals surface area contributed by atoms with Gasteiger partial charge in [0, 0.05) is 50.0 Å². The lowest BCUT2D eigenvalue weighted by Gasteiger charge is -2.35. The number of alkyl halides is 3. The first-order chi connectivity index (χ1) is 17.2. The maximum Gasteiger partial charge on any atom is 0.416 e. The first-order valence-corrected chi connectivity index (χ1v) is 13.0. The van der Waals surface area contributed by atoms with E-state index < -0.39 is 11.7 Å². The van der Waals surface area contributed by atoms with Crippen LogP contribution in [0.4, 0.5) is 24.7 Å². The number of halogens is 4. The number of pyridine rings is 1. The molecule has 0 saturated carbocycles. The van der Waals surface area contributed by atoms with Gasteiger partial charge in [0.15, 0.2) is 0 Å². The first-order valence-electron chi connectivity index (χ1n) is 12.6. The number of fused-ring (bicyclic) bond motifs is 1. The van der Waals surface area contributed by atoms with Gasteiger partial charge in [-0.05, 0) is 75.0 Å². The quantitative estimate of drug-likeness (QED) is 0.586. The molecule has 10 heteroatoms. The van der Waals surface area contributed by atoms with Crippen molar-refractivity contribution in [2.24, 2.45) is 0 Å². The second-order valence-corrected chi connectivity index (χ2v) is 10.4. The normalized spacial score (nSPS) is 20.5. The molecule has 5 rings (SSSR count). The topological polar surface area (TPSA) is 51.7 Å². The first kappa shape index (κ1) is 25.1. The van der Waals surface area contributed by atoms with Gasteiger partial charge in [-0.2, -0.15) is 13.2 Å². The molecule has 1 N–H and O–H groups in total. The molecule has 1 aromatic heterocycles. The van der Waals surface area contributed by atoms with Gasteiger partial charge in [-0.3, -0.25) is 4.79 Å². The highest BCUT2D eigenvalue weighted by Crippen LogP contribution is 2.38. The number of nitrogens with zero attached hydrogens (tertiary/aromatic N) is 4. The van der Waals surface area contributed by atoms with Crippen LogP contribution in [0.3, 0.4) is 0 Å². The smallest absolute Gasteiger partial charge is 0.367 e. The van der Waals surface area contributed by atoms with E-state index in [9.17, 15) is 18.0 Å². The van der Waals surface area contributed by atoms with Crippen molar-refractivity contribution in [3.63, 3.8) is 0 Å². The molecule has 3 aliphatic heterocycles. The third kappa shape index (κ3) is 5.00. The Hall–Kier alpha value is -2.52. The van der Waals surface area contributed by atoms with Crippen LogP contribution in [0.15, 0.2) is 24.4 Å². The summed E-state index contributed by atoms with van der Waals surface area (Å²) in [7, 11) is 0. The molecule has 194 valence electrons. The second kappa shape index (κ2) is 10.1. The summed E-state index contributed by atoms with van der Waals surface area (Å²) in [6.07, 6.45) is 1.51. The number of rotatable bonds is 5. The summed E-state index contributed by atoms with van der Waals surface area (Å²) in [5.74, 6) is 0.537. The fourth-order valence-corrected chi connectivity index (χ4v) is 5.98. The van der Waals surface area contributed by atoms with Crippen LogP contribution in [0, 0.1) is 6.92 Å². The zero-order valence-electron chi connectivity index (χ0n) is 20.4. The number of carbonyl (C=O) groups excluding carboxylic acids is 1. The molecule has 0 unspecified atom stereocenters. The minimum atomic E-state index is -4.48. The van der Waals surface area contributed by atoms with Crippen LogP contribution in [0.2, 0.25) is 5.02 Å². The van der Waals surface area contributed by atoms with Crippen LogP contribution in [-0.2, 0) is 12.7 Å². The molecule has 0 aliphatic carbocycles. The molecule has 0 radical (unpaired) electrons. The Morgan fingerprint density at radius 2 is 1.94 bits per heavy atom. The summed E-state index contributed by atoms with van der Waals surface area (Å²) in [4.78, 5) is 24.5. The highest BCUT2D eigenvalue weighted by molar-refractivity contribution is 6.30. The van der Waals surface area contributed by atoms with Crippen molar-refractivity contribution >= 4 is 29.0 Å². The summed E-state index contributed by atoms with van der Waals surface area (Å²) in [6, 6.07) is 3.84. The van der Waals surface area contributed by atoms with Crippen LogP contribution in [0.1, 0.15) is 52.7 Å². The largest absolute Gasteiger partial charge is 0.416 e. The Balaban J connectivity index is 1.43. The molecule has 3 aliphatic rings. The van der Waals surface area contributed by atoms with E-state index in [4.69, 9.17) is 11.6 Å². The Kier molecular flexibility index (Phi) is 7.05.